The fourth-order valence-electron chi connectivity index (χ4n) is 0.848. The summed E-state index contributed by atoms with van der Waals surface area (Å²) in [6.07, 6.45) is 0. The Hall–Kier alpha value is -1.88. The number of hydrogen-bond donors (Lipinski definition) is 1. The van der Waals surface area contributed by atoms with Crippen LogP contribution < -0.4 is 5.73 Å². The molecule has 7 nitrogen and oxygen atoms in total. The van der Waals surface area contributed by atoms with E-state index in [9.17, 15) is 10.1 Å². The van der Waals surface area contributed by atoms with Gasteiger partial charge < -0.3 is 5.73 Å². The summed E-state index contributed by atoms with van der Waals surface area (Å²) in [5.74, 6) is 0.0751. The first kappa shape index (κ1) is 10.2. The lowest BCUT2D eigenvalue weighted by molar-refractivity contribution is -0.387. The molecule has 0 spiro atoms. The molecule has 14 heavy (non-hydrogen) atoms. The molecule has 0 unspecified atom stereocenters. The van der Waals surface area contributed by atoms with E-state index in [1.165, 1.54) is 0 Å². The second kappa shape index (κ2) is 3.89. The average molecular weight is 211 g/mol. The first-order valence-corrected chi connectivity index (χ1v) is 4.22. The van der Waals surface area contributed by atoms with Gasteiger partial charge in [-0.1, -0.05) is 0 Å². The van der Waals surface area contributed by atoms with Crippen LogP contribution in [0.15, 0.2) is 5.03 Å². The highest BCUT2D eigenvalue weighted by atomic mass is 32.2. The second-order valence-electron chi connectivity index (χ2n) is 2.26. The quantitative estimate of drug-likeness (QED) is 0.253. The molecule has 1 aromatic heterocycles. The summed E-state index contributed by atoms with van der Waals surface area (Å²) < 4.78 is 0. The number of nitrogens with two attached hydrogens (primary N) is 1. The lowest BCUT2D eigenvalue weighted by atomic mass is 10.5. The molecule has 0 atom stereocenters. The molecule has 0 fully saturated rings. The Balaban J connectivity index is 3.38. The predicted octanol–water partition coefficient (Wildman–Crippen LogP) is 0.849. The first-order valence-electron chi connectivity index (χ1n) is 3.40. The zero-order valence-corrected chi connectivity index (χ0v) is 7.91. The summed E-state index contributed by atoms with van der Waals surface area (Å²) in [6.45, 7) is 1.54. The number of nitrogen functional groups attached to an aromatic ring is 1. The van der Waals surface area contributed by atoms with Gasteiger partial charge in [-0.15, -0.1) is 0 Å². The van der Waals surface area contributed by atoms with Gasteiger partial charge in [0.2, 0.25) is 5.82 Å². The van der Waals surface area contributed by atoms with Gasteiger partial charge in [-0.3, -0.25) is 10.1 Å². The van der Waals surface area contributed by atoms with Gasteiger partial charge in [-0.2, -0.15) is 5.26 Å². The van der Waals surface area contributed by atoms with E-state index in [1.54, 1.807) is 12.3 Å². The van der Waals surface area contributed by atoms with Crippen molar-refractivity contribution < 1.29 is 4.92 Å². The molecule has 8 heteroatoms. The lowest BCUT2D eigenvalue weighted by Crippen LogP contribution is -2.04. The molecule has 2 N–H and O–H groups in total. The third-order valence-electron chi connectivity index (χ3n) is 1.32. The van der Waals surface area contributed by atoms with Gasteiger partial charge in [0.1, 0.15) is 11.2 Å². The summed E-state index contributed by atoms with van der Waals surface area (Å²) in [6, 6.07) is 0. The van der Waals surface area contributed by atoms with Crippen molar-refractivity contribution in [3.05, 3.63) is 15.9 Å². The van der Waals surface area contributed by atoms with Crippen molar-refractivity contribution in [3.8, 4) is 5.40 Å². The molecule has 0 aliphatic rings. The van der Waals surface area contributed by atoms with E-state index in [-0.39, 0.29) is 10.8 Å². The number of thioether (sulfide) groups is 1. The molecule has 72 valence electrons. The normalized spacial score (nSPS) is 9.43. The third-order valence-corrected chi connectivity index (χ3v) is 1.88. The Kier molecular flexibility index (Phi) is 2.83. The highest BCUT2D eigenvalue weighted by Gasteiger charge is 2.22. The Morgan fingerprint density at radius 1 is 1.64 bits per heavy atom. The number of rotatable bonds is 2. The van der Waals surface area contributed by atoms with E-state index in [1.807, 2.05) is 0 Å². The van der Waals surface area contributed by atoms with Gasteiger partial charge in [0, 0.05) is 11.8 Å². The average Bonchev–Trinajstić information content (AvgIpc) is 2.01. The van der Waals surface area contributed by atoms with Crippen LogP contribution in [-0.2, 0) is 0 Å². The second-order valence-corrected chi connectivity index (χ2v) is 3.03. The molecule has 0 amide bonds. The van der Waals surface area contributed by atoms with Crippen molar-refractivity contribution in [2.45, 2.75) is 11.9 Å². The molecule has 0 aliphatic carbocycles. The third kappa shape index (κ3) is 1.89. The zero-order valence-electron chi connectivity index (χ0n) is 7.09. The van der Waals surface area contributed by atoms with Gasteiger partial charge in [-0.05, 0) is 6.92 Å². The number of aryl methyl sites for hydroxylation is 1. The summed E-state index contributed by atoms with van der Waals surface area (Å²) in [4.78, 5) is 17.2. The highest BCUT2D eigenvalue weighted by Crippen LogP contribution is 2.30. The molecular weight excluding hydrogens is 206 g/mol. The minimum atomic E-state index is -0.700. The zero-order chi connectivity index (χ0) is 10.7. The molecular formula is C6H5N5O2S. The van der Waals surface area contributed by atoms with Crippen molar-refractivity contribution in [1.29, 1.82) is 5.26 Å². The van der Waals surface area contributed by atoms with Crippen LogP contribution in [0.1, 0.15) is 5.82 Å². The number of nitro groups is 1. The maximum atomic E-state index is 10.6. The van der Waals surface area contributed by atoms with Crippen LogP contribution in [0.25, 0.3) is 0 Å². The molecule has 0 saturated heterocycles. The Bertz CT molecular complexity index is 427. The number of aromatic nitrogens is 2. The Labute approximate surface area is 83.1 Å². The molecule has 0 aliphatic heterocycles. The standard InChI is InChI=1S/C6H5N5O2S/c1-3-9-5(8)4(11(12)13)6(10-3)14-2-7/h1H3,(H2,8,9,10). The van der Waals surface area contributed by atoms with E-state index >= 15 is 0 Å². The molecule has 1 aromatic rings. The van der Waals surface area contributed by atoms with Gasteiger partial charge in [0.15, 0.2) is 5.03 Å². The van der Waals surface area contributed by atoms with Crippen LogP contribution in [0.3, 0.4) is 0 Å². The summed E-state index contributed by atoms with van der Waals surface area (Å²) in [5.41, 5.74) is 4.92. The number of anilines is 1. The Morgan fingerprint density at radius 2 is 2.29 bits per heavy atom. The molecule has 0 bridgehead atoms. The SMILES string of the molecule is Cc1nc(N)c([N+](=O)[O-])c(SC#N)n1. The summed E-state index contributed by atoms with van der Waals surface area (Å²) in [5, 5.41) is 20.6. The maximum Gasteiger partial charge on any atom is 0.344 e. The van der Waals surface area contributed by atoms with Crippen molar-refractivity contribution in [3.63, 3.8) is 0 Å². The number of nitrogens with zero attached hydrogens (tertiary/aromatic N) is 4. The number of hydrogen-bond acceptors (Lipinski definition) is 7. The largest absolute Gasteiger partial charge is 0.378 e. The summed E-state index contributed by atoms with van der Waals surface area (Å²) >= 11 is 0.591. The van der Waals surface area contributed by atoms with Crippen LogP contribution in [0, 0.1) is 27.7 Å². The number of nitriles is 1. The van der Waals surface area contributed by atoms with E-state index in [0.29, 0.717) is 17.6 Å². The van der Waals surface area contributed by atoms with Crippen molar-refractivity contribution in [2.24, 2.45) is 0 Å². The van der Waals surface area contributed by atoms with Crippen LogP contribution in [-0.4, -0.2) is 14.9 Å². The van der Waals surface area contributed by atoms with Crippen molar-refractivity contribution in [2.75, 3.05) is 5.73 Å². The monoisotopic (exact) mass is 211 g/mol. The van der Waals surface area contributed by atoms with Gasteiger partial charge >= 0.3 is 5.69 Å². The molecule has 0 saturated carbocycles. The van der Waals surface area contributed by atoms with E-state index < -0.39 is 10.6 Å². The van der Waals surface area contributed by atoms with E-state index in [2.05, 4.69) is 9.97 Å². The minimum Gasteiger partial charge on any atom is -0.378 e. The first-order chi connectivity index (χ1) is 6.56. The van der Waals surface area contributed by atoms with Crippen LogP contribution in [0.2, 0.25) is 0 Å². The fourth-order valence-corrected chi connectivity index (χ4v) is 1.39. The molecule has 0 aromatic carbocycles. The predicted molar refractivity (Wildman–Crippen MR) is 49.3 cm³/mol. The topological polar surface area (TPSA) is 119 Å². The maximum absolute atomic E-state index is 10.6. The van der Waals surface area contributed by atoms with Crippen LogP contribution in [0.4, 0.5) is 11.5 Å². The van der Waals surface area contributed by atoms with Crippen molar-refractivity contribution in [1.82, 2.24) is 9.97 Å². The fraction of sp³-hybridized carbons (Fsp3) is 0.167. The van der Waals surface area contributed by atoms with Gasteiger partial charge in [0.25, 0.3) is 0 Å². The lowest BCUT2D eigenvalue weighted by Gasteiger charge is -2.00. The molecule has 1 rings (SSSR count). The van der Waals surface area contributed by atoms with E-state index in [0.717, 1.165) is 0 Å². The smallest absolute Gasteiger partial charge is 0.344 e. The van der Waals surface area contributed by atoms with Crippen molar-refractivity contribution >= 4 is 23.3 Å². The van der Waals surface area contributed by atoms with Crippen LogP contribution in [0.5, 0.6) is 0 Å². The minimum absolute atomic E-state index is 0.0255. The van der Waals surface area contributed by atoms with Gasteiger partial charge in [0.05, 0.1) is 4.92 Å². The number of thiocyanates is 1. The van der Waals surface area contributed by atoms with Crippen LogP contribution >= 0.6 is 11.8 Å². The van der Waals surface area contributed by atoms with E-state index in [4.69, 9.17) is 11.0 Å². The highest BCUT2D eigenvalue weighted by molar-refractivity contribution is 8.03. The summed E-state index contributed by atoms with van der Waals surface area (Å²) in [7, 11) is 0. The van der Waals surface area contributed by atoms with Gasteiger partial charge in [-0.25, -0.2) is 9.97 Å². The molecule has 0 radical (unpaired) electrons. The molecule has 1 heterocycles. The Morgan fingerprint density at radius 3 is 2.79 bits per heavy atom.